The van der Waals surface area contributed by atoms with Crippen LogP contribution in [0.5, 0.6) is 0 Å². The number of aryl methyl sites for hydroxylation is 1. The fraction of sp³-hybridized carbons (Fsp3) is 0.105. The number of Topliss-reactive ketones (excluding diaryl/α,β-unsaturated/α-hetero) is 1. The lowest BCUT2D eigenvalue weighted by atomic mass is 9.96. The van der Waals surface area contributed by atoms with Crippen LogP contribution in [0.1, 0.15) is 21.5 Å². The van der Waals surface area contributed by atoms with Crippen LogP contribution < -0.4 is 0 Å². The maximum atomic E-state index is 13.3. The van der Waals surface area contributed by atoms with E-state index < -0.39 is 0 Å². The Morgan fingerprint density at radius 2 is 1.76 bits per heavy atom. The van der Waals surface area contributed by atoms with Crippen LogP contribution in [0.25, 0.3) is 10.8 Å². The van der Waals surface area contributed by atoms with E-state index in [0.29, 0.717) is 5.56 Å². The Labute approximate surface area is 123 Å². The van der Waals surface area contributed by atoms with E-state index in [4.69, 9.17) is 0 Å². The SMILES string of the molecule is Cc1ccc(F)cc1CC(=O)c1cccc2ccccc12. The number of rotatable bonds is 3. The molecule has 0 atom stereocenters. The Bertz CT molecular complexity index is 815. The highest BCUT2D eigenvalue weighted by Crippen LogP contribution is 2.21. The van der Waals surface area contributed by atoms with Crippen LogP contribution in [0.4, 0.5) is 4.39 Å². The van der Waals surface area contributed by atoms with Gasteiger partial charge in [-0.15, -0.1) is 0 Å². The normalized spacial score (nSPS) is 10.8. The summed E-state index contributed by atoms with van der Waals surface area (Å²) in [6, 6.07) is 18.1. The fourth-order valence-corrected chi connectivity index (χ4v) is 2.57. The van der Waals surface area contributed by atoms with Crippen molar-refractivity contribution in [2.24, 2.45) is 0 Å². The summed E-state index contributed by atoms with van der Waals surface area (Å²) in [4.78, 5) is 12.6. The van der Waals surface area contributed by atoms with Gasteiger partial charge in [-0.25, -0.2) is 4.39 Å². The number of hydrogen-bond acceptors (Lipinski definition) is 1. The summed E-state index contributed by atoms with van der Waals surface area (Å²) in [6.07, 6.45) is 0.220. The van der Waals surface area contributed by atoms with Crippen molar-refractivity contribution in [2.45, 2.75) is 13.3 Å². The molecule has 3 aromatic carbocycles. The first-order valence-corrected chi connectivity index (χ1v) is 6.91. The van der Waals surface area contributed by atoms with Crippen molar-refractivity contribution in [1.29, 1.82) is 0 Å². The van der Waals surface area contributed by atoms with E-state index in [1.54, 1.807) is 6.07 Å². The van der Waals surface area contributed by atoms with Gasteiger partial charge in [-0.05, 0) is 41.0 Å². The molecule has 0 aromatic heterocycles. The quantitative estimate of drug-likeness (QED) is 0.634. The summed E-state index contributed by atoms with van der Waals surface area (Å²) in [5, 5.41) is 1.98. The molecule has 0 unspecified atom stereocenters. The molecule has 0 aliphatic heterocycles. The van der Waals surface area contributed by atoms with Gasteiger partial charge < -0.3 is 0 Å². The maximum Gasteiger partial charge on any atom is 0.167 e. The molecule has 104 valence electrons. The van der Waals surface area contributed by atoms with Gasteiger partial charge in [0.2, 0.25) is 0 Å². The summed E-state index contributed by atoms with van der Waals surface area (Å²) in [6.45, 7) is 1.89. The molecule has 0 aliphatic rings. The zero-order chi connectivity index (χ0) is 14.8. The average Bonchev–Trinajstić information content (AvgIpc) is 2.50. The average molecular weight is 278 g/mol. The predicted molar refractivity (Wildman–Crippen MR) is 83.1 cm³/mol. The van der Waals surface area contributed by atoms with Gasteiger partial charge in [-0.1, -0.05) is 48.5 Å². The first-order chi connectivity index (χ1) is 10.1. The zero-order valence-electron chi connectivity index (χ0n) is 11.8. The van der Waals surface area contributed by atoms with Crippen molar-refractivity contribution in [3.05, 3.63) is 83.2 Å². The van der Waals surface area contributed by atoms with Gasteiger partial charge in [0, 0.05) is 12.0 Å². The smallest absolute Gasteiger partial charge is 0.167 e. The number of carbonyl (C=O) groups excluding carboxylic acids is 1. The number of carbonyl (C=O) groups is 1. The molecule has 0 aliphatic carbocycles. The molecule has 0 heterocycles. The Morgan fingerprint density at radius 1 is 1.00 bits per heavy atom. The van der Waals surface area contributed by atoms with Crippen LogP contribution in [0, 0.1) is 12.7 Å². The Balaban J connectivity index is 1.99. The van der Waals surface area contributed by atoms with E-state index in [1.165, 1.54) is 12.1 Å². The minimum absolute atomic E-state index is 0.0144. The highest BCUT2D eigenvalue weighted by molar-refractivity contribution is 6.08. The number of halogens is 1. The number of fused-ring (bicyclic) bond motifs is 1. The molecular formula is C19H15FO. The number of benzene rings is 3. The van der Waals surface area contributed by atoms with Crippen molar-refractivity contribution in [3.63, 3.8) is 0 Å². The maximum absolute atomic E-state index is 13.3. The second-order valence-corrected chi connectivity index (χ2v) is 5.20. The van der Waals surface area contributed by atoms with Crippen LogP contribution >= 0.6 is 0 Å². The Kier molecular flexibility index (Phi) is 3.53. The Morgan fingerprint density at radius 3 is 2.62 bits per heavy atom. The summed E-state index contributed by atoms with van der Waals surface area (Å²) in [5.74, 6) is -0.290. The van der Waals surface area contributed by atoms with E-state index in [2.05, 4.69) is 0 Å². The van der Waals surface area contributed by atoms with Crippen molar-refractivity contribution < 1.29 is 9.18 Å². The molecule has 3 rings (SSSR count). The third-order valence-corrected chi connectivity index (χ3v) is 3.75. The van der Waals surface area contributed by atoms with Crippen LogP contribution in [-0.2, 0) is 6.42 Å². The standard InChI is InChI=1S/C19H15FO/c1-13-9-10-16(20)11-15(13)12-19(21)18-8-4-6-14-5-2-3-7-17(14)18/h2-11H,12H2,1H3. The minimum atomic E-state index is -0.304. The molecule has 0 bridgehead atoms. The summed E-state index contributed by atoms with van der Waals surface area (Å²) < 4.78 is 13.3. The second-order valence-electron chi connectivity index (χ2n) is 5.20. The molecule has 0 radical (unpaired) electrons. The predicted octanol–water partition coefficient (Wildman–Crippen LogP) is 4.71. The second kappa shape index (κ2) is 5.49. The van der Waals surface area contributed by atoms with Crippen LogP contribution in [-0.4, -0.2) is 5.78 Å². The van der Waals surface area contributed by atoms with E-state index in [-0.39, 0.29) is 18.0 Å². The van der Waals surface area contributed by atoms with Gasteiger partial charge in [0.15, 0.2) is 5.78 Å². The fourth-order valence-electron chi connectivity index (χ4n) is 2.57. The monoisotopic (exact) mass is 278 g/mol. The van der Waals surface area contributed by atoms with Crippen molar-refractivity contribution >= 4 is 16.6 Å². The first-order valence-electron chi connectivity index (χ1n) is 6.91. The lowest BCUT2D eigenvalue weighted by molar-refractivity contribution is 0.0994. The summed E-state index contributed by atoms with van der Waals surface area (Å²) >= 11 is 0. The van der Waals surface area contributed by atoms with Crippen LogP contribution in [0.3, 0.4) is 0 Å². The molecule has 0 saturated carbocycles. The van der Waals surface area contributed by atoms with Crippen LogP contribution in [0.2, 0.25) is 0 Å². The van der Waals surface area contributed by atoms with Gasteiger partial charge in [-0.3, -0.25) is 4.79 Å². The van der Waals surface area contributed by atoms with Gasteiger partial charge in [0.25, 0.3) is 0 Å². The van der Waals surface area contributed by atoms with Gasteiger partial charge in [0.1, 0.15) is 5.82 Å². The zero-order valence-corrected chi connectivity index (χ0v) is 11.8. The molecule has 0 fully saturated rings. The molecule has 3 aromatic rings. The van der Waals surface area contributed by atoms with E-state index in [1.807, 2.05) is 49.4 Å². The number of ketones is 1. The molecular weight excluding hydrogens is 263 g/mol. The summed E-state index contributed by atoms with van der Waals surface area (Å²) in [7, 11) is 0. The highest BCUT2D eigenvalue weighted by atomic mass is 19.1. The van der Waals surface area contributed by atoms with Gasteiger partial charge >= 0.3 is 0 Å². The molecule has 2 heteroatoms. The molecule has 0 spiro atoms. The lowest BCUT2D eigenvalue weighted by Crippen LogP contribution is -2.06. The van der Waals surface area contributed by atoms with E-state index in [9.17, 15) is 9.18 Å². The van der Waals surface area contributed by atoms with E-state index >= 15 is 0 Å². The molecule has 0 amide bonds. The van der Waals surface area contributed by atoms with Crippen molar-refractivity contribution in [1.82, 2.24) is 0 Å². The topological polar surface area (TPSA) is 17.1 Å². The third kappa shape index (κ3) is 2.70. The molecule has 21 heavy (non-hydrogen) atoms. The minimum Gasteiger partial charge on any atom is -0.294 e. The van der Waals surface area contributed by atoms with Crippen molar-refractivity contribution in [2.75, 3.05) is 0 Å². The molecule has 0 N–H and O–H groups in total. The number of hydrogen-bond donors (Lipinski definition) is 0. The van der Waals surface area contributed by atoms with Gasteiger partial charge in [-0.2, -0.15) is 0 Å². The summed E-state index contributed by atoms with van der Waals surface area (Å²) in [5.41, 5.74) is 2.37. The Hall–Kier alpha value is -2.48. The van der Waals surface area contributed by atoms with Crippen molar-refractivity contribution in [3.8, 4) is 0 Å². The lowest BCUT2D eigenvalue weighted by Gasteiger charge is -2.08. The third-order valence-electron chi connectivity index (χ3n) is 3.75. The highest BCUT2D eigenvalue weighted by Gasteiger charge is 2.12. The van der Waals surface area contributed by atoms with Crippen LogP contribution in [0.15, 0.2) is 60.7 Å². The first kappa shape index (κ1) is 13.5. The molecule has 0 saturated heterocycles. The largest absolute Gasteiger partial charge is 0.294 e. The van der Waals surface area contributed by atoms with Gasteiger partial charge in [0.05, 0.1) is 0 Å². The van der Waals surface area contributed by atoms with E-state index in [0.717, 1.165) is 21.9 Å². The molecule has 1 nitrogen and oxygen atoms in total.